The second-order valence-electron chi connectivity index (χ2n) is 8.04. The van der Waals surface area contributed by atoms with Crippen molar-refractivity contribution in [3.05, 3.63) is 84.0 Å². The molecule has 0 aromatic heterocycles. The number of hydrogen-bond donors (Lipinski definition) is 2. The molecule has 208 valence electrons. The lowest BCUT2D eigenvalue weighted by atomic mass is 9.73. The summed E-state index contributed by atoms with van der Waals surface area (Å²) in [5.74, 6) is -2.72. The van der Waals surface area contributed by atoms with E-state index in [1.54, 1.807) is 10.6 Å². The highest BCUT2D eigenvalue weighted by Gasteiger charge is 2.72. The summed E-state index contributed by atoms with van der Waals surface area (Å²) < 4.78 is 95.2. The Morgan fingerprint density at radius 2 is 0.897 bits per heavy atom. The first kappa shape index (κ1) is 30.6. The monoisotopic (exact) mass is 558 g/mol. The molecule has 0 unspecified atom stereocenters. The van der Waals surface area contributed by atoms with Crippen LogP contribution in [0.1, 0.15) is 25.0 Å². The van der Waals surface area contributed by atoms with Crippen molar-refractivity contribution in [2.24, 2.45) is 0 Å². The minimum absolute atomic E-state index is 0.0557. The molecule has 0 radical (unpaired) electrons. The van der Waals surface area contributed by atoms with Gasteiger partial charge in [0.2, 0.25) is 5.41 Å². The zero-order valence-corrected chi connectivity index (χ0v) is 20.3. The maximum atomic E-state index is 14.3. The summed E-state index contributed by atoms with van der Waals surface area (Å²) >= 11 is 0. The fraction of sp³-hybridized carbons (Fsp3) is 0.200. The second kappa shape index (κ2) is 11.4. The molecule has 0 heterocycles. The van der Waals surface area contributed by atoms with Crippen LogP contribution in [-0.4, -0.2) is 36.4 Å². The highest BCUT2D eigenvalue weighted by atomic mass is 19.4. The van der Waals surface area contributed by atoms with E-state index >= 15 is 0 Å². The van der Waals surface area contributed by atoms with Gasteiger partial charge in [-0.15, -0.1) is 0 Å². The molecule has 4 amide bonds. The fourth-order valence-corrected chi connectivity index (χ4v) is 3.19. The number of carbonyl (C=O) groups excluding carboxylic acids is 4. The molecular formula is C25H20F6N2O6. The van der Waals surface area contributed by atoms with Crippen molar-refractivity contribution >= 4 is 24.0 Å². The van der Waals surface area contributed by atoms with Gasteiger partial charge in [-0.25, -0.2) is 9.59 Å². The first-order valence-electron chi connectivity index (χ1n) is 10.6. The molecule has 0 aliphatic heterocycles. The number of carbonyl (C=O) groups is 4. The van der Waals surface area contributed by atoms with Crippen molar-refractivity contribution in [2.45, 2.75) is 31.6 Å². The highest BCUT2D eigenvalue weighted by Crippen LogP contribution is 2.56. The van der Waals surface area contributed by atoms with Crippen molar-refractivity contribution in [2.75, 3.05) is 0 Å². The van der Waals surface area contributed by atoms with Gasteiger partial charge in [0.1, 0.15) is 11.5 Å². The van der Waals surface area contributed by atoms with Gasteiger partial charge in [-0.05, 0) is 49.2 Å². The topological polar surface area (TPSA) is 111 Å². The van der Waals surface area contributed by atoms with Crippen molar-refractivity contribution < 1.29 is 55.0 Å². The Morgan fingerprint density at radius 1 is 0.615 bits per heavy atom. The van der Waals surface area contributed by atoms with Crippen LogP contribution in [0.3, 0.4) is 0 Å². The average Bonchev–Trinajstić information content (AvgIpc) is 2.79. The molecule has 2 aromatic carbocycles. The summed E-state index contributed by atoms with van der Waals surface area (Å²) in [7, 11) is 0. The predicted octanol–water partition coefficient (Wildman–Crippen LogP) is 5.48. The molecule has 8 nitrogen and oxygen atoms in total. The lowest BCUT2D eigenvalue weighted by Crippen LogP contribution is -2.54. The van der Waals surface area contributed by atoms with Crippen LogP contribution in [0.15, 0.2) is 72.8 Å². The Morgan fingerprint density at radius 3 is 1.13 bits per heavy atom. The number of amides is 4. The van der Waals surface area contributed by atoms with Crippen molar-refractivity contribution in [1.82, 2.24) is 10.6 Å². The average molecular weight is 558 g/mol. The van der Waals surface area contributed by atoms with Gasteiger partial charge in [0.05, 0.1) is 0 Å². The Hall–Kier alpha value is -4.62. The molecule has 0 aliphatic rings. The maximum absolute atomic E-state index is 14.3. The Labute approximate surface area is 217 Å². The quantitative estimate of drug-likeness (QED) is 0.359. The number of imide groups is 2. The van der Waals surface area contributed by atoms with Crippen LogP contribution in [0.4, 0.5) is 35.9 Å². The van der Waals surface area contributed by atoms with E-state index in [1.807, 2.05) is 0 Å². The first-order valence-corrected chi connectivity index (χ1v) is 10.6. The number of hydrogen-bond acceptors (Lipinski definition) is 6. The summed E-state index contributed by atoms with van der Waals surface area (Å²) in [5.41, 5.74) is -7.20. The number of alkyl halides is 6. The predicted molar refractivity (Wildman–Crippen MR) is 124 cm³/mol. The van der Waals surface area contributed by atoms with E-state index in [-0.39, 0.29) is 11.1 Å². The van der Waals surface area contributed by atoms with Gasteiger partial charge < -0.3 is 9.47 Å². The van der Waals surface area contributed by atoms with Crippen molar-refractivity contribution in [3.63, 3.8) is 0 Å². The van der Waals surface area contributed by atoms with E-state index in [2.05, 4.69) is 13.2 Å². The maximum Gasteiger partial charge on any atom is 0.419 e. The number of benzene rings is 2. The van der Waals surface area contributed by atoms with Crippen LogP contribution in [0.5, 0.6) is 11.5 Å². The molecule has 0 spiro atoms. The first-order chi connectivity index (χ1) is 17.9. The largest absolute Gasteiger partial charge is 0.419 e. The van der Waals surface area contributed by atoms with Gasteiger partial charge in [-0.3, -0.25) is 20.2 Å². The van der Waals surface area contributed by atoms with Crippen molar-refractivity contribution in [1.29, 1.82) is 0 Å². The van der Waals surface area contributed by atoms with E-state index in [1.165, 1.54) is 13.8 Å². The van der Waals surface area contributed by atoms with E-state index in [0.717, 1.165) is 0 Å². The molecule has 2 aromatic rings. The third-order valence-corrected chi connectivity index (χ3v) is 5.05. The van der Waals surface area contributed by atoms with Gasteiger partial charge >= 0.3 is 24.5 Å². The smallest absolute Gasteiger partial charge is 0.410 e. The normalized spacial score (nSPS) is 11.7. The molecular weight excluding hydrogens is 538 g/mol. The fourth-order valence-electron chi connectivity index (χ4n) is 3.19. The molecule has 39 heavy (non-hydrogen) atoms. The third-order valence-electron chi connectivity index (χ3n) is 5.05. The molecule has 0 aliphatic carbocycles. The minimum atomic E-state index is -5.92. The summed E-state index contributed by atoms with van der Waals surface area (Å²) in [6, 6.07) is 4.60. The molecule has 2 rings (SSSR count). The van der Waals surface area contributed by atoms with Gasteiger partial charge in [-0.1, -0.05) is 37.4 Å². The SMILES string of the molecule is C=C(C)C(=O)NC(=O)Oc1ccc(C(c2ccc(OC(=O)NC(=O)C(=C)C)cc2)(C(F)(F)F)C(F)(F)F)cc1. The van der Waals surface area contributed by atoms with Crippen LogP contribution in [0.25, 0.3) is 0 Å². The van der Waals surface area contributed by atoms with Crippen LogP contribution in [0, 0.1) is 0 Å². The lowest BCUT2D eigenvalue weighted by molar-refractivity contribution is -0.288. The Bertz CT molecular complexity index is 1200. The molecule has 14 heteroatoms. The van der Waals surface area contributed by atoms with Gasteiger partial charge in [0, 0.05) is 11.1 Å². The van der Waals surface area contributed by atoms with E-state index in [9.17, 15) is 45.5 Å². The zero-order chi connectivity index (χ0) is 29.8. The summed E-state index contributed by atoms with van der Waals surface area (Å²) in [6.45, 7) is 9.14. The van der Waals surface area contributed by atoms with Crippen molar-refractivity contribution in [3.8, 4) is 11.5 Å². The molecule has 2 N–H and O–H groups in total. The summed E-state index contributed by atoms with van der Waals surface area (Å²) in [4.78, 5) is 46.4. The standard InChI is InChI=1S/C25H20F6N2O6/c1-13(2)19(34)32-21(36)38-17-9-5-15(6-10-17)23(24(26,27)28,25(29,30)31)16-7-11-18(12-8-16)39-22(37)33-20(35)14(3)4/h5-12H,1,3H2,2,4H3,(H,32,34,36)(H,33,35,37). The van der Waals surface area contributed by atoms with Crippen LogP contribution in [0.2, 0.25) is 0 Å². The minimum Gasteiger partial charge on any atom is -0.410 e. The lowest BCUT2D eigenvalue weighted by Gasteiger charge is -2.38. The molecule has 0 bridgehead atoms. The summed E-state index contributed by atoms with van der Waals surface area (Å²) in [5, 5.41) is 3.52. The number of nitrogens with one attached hydrogen (secondary N) is 2. The number of halogens is 6. The van der Waals surface area contributed by atoms with Gasteiger partial charge in [0.25, 0.3) is 11.8 Å². The van der Waals surface area contributed by atoms with Gasteiger partial charge in [-0.2, -0.15) is 26.3 Å². The Kier molecular flexibility index (Phi) is 8.95. The molecule has 0 saturated heterocycles. The second-order valence-corrected chi connectivity index (χ2v) is 8.04. The van der Waals surface area contributed by atoms with Crippen LogP contribution in [-0.2, 0) is 15.0 Å². The van der Waals surface area contributed by atoms with Crippen LogP contribution >= 0.6 is 0 Å². The molecule has 0 atom stereocenters. The Balaban J connectivity index is 2.45. The van der Waals surface area contributed by atoms with Crippen LogP contribution < -0.4 is 20.1 Å². The van der Waals surface area contributed by atoms with Gasteiger partial charge in [0.15, 0.2) is 0 Å². The van der Waals surface area contributed by atoms with E-state index < -0.39 is 64.4 Å². The molecule has 0 saturated carbocycles. The molecule has 0 fully saturated rings. The summed E-state index contributed by atoms with van der Waals surface area (Å²) in [6.07, 6.45) is -14.5. The number of rotatable bonds is 6. The highest BCUT2D eigenvalue weighted by molar-refractivity contribution is 6.02. The number of ether oxygens (including phenoxy) is 2. The zero-order valence-electron chi connectivity index (χ0n) is 20.3. The van der Waals surface area contributed by atoms with E-state index in [0.29, 0.717) is 48.5 Å². The third kappa shape index (κ3) is 6.83. The van der Waals surface area contributed by atoms with E-state index in [4.69, 9.17) is 9.47 Å².